The van der Waals surface area contributed by atoms with Gasteiger partial charge in [0.25, 0.3) is 0 Å². The monoisotopic (exact) mass is 150 g/mol. The molecule has 1 atom stereocenters. The molecule has 0 radical (unpaired) electrons. The van der Waals surface area contributed by atoms with E-state index in [0.29, 0.717) is 6.29 Å². The second-order valence-electron chi connectivity index (χ2n) is 1.79. The van der Waals surface area contributed by atoms with Gasteiger partial charge in [-0.25, -0.2) is 8.42 Å². The molecule has 0 aromatic rings. The van der Waals surface area contributed by atoms with E-state index in [1.54, 1.807) is 0 Å². The molecule has 0 aromatic heterocycles. The van der Waals surface area contributed by atoms with Gasteiger partial charge in [-0.1, -0.05) is 6.92 Å². The van der Waals surface area contributed by atoms with Crippen molar-refractivity contribution >= 4 is 16.1 Å². The van der Waals surface area contributed by atoms with Gasteiger partial charge in [-0.15, -0.1) is 0 Å². The number of carbonyl (C=O) groups excluding carboxylic acids is 1. The highest BCUT2D eigenvalue weighted by Gasteiger charge is 2.16. The summed E-state index contributed by atoms with van der Waals surface area (Å²) >= 11 is 0. The van der Waals surface area contributed by atoms with Gasteiger partial charge in [0.2, 0.25) is 0 Å². The molecule has 9 heavy (non-hydrogen) atoms. The molecule has 0 saturated heterocycles. The van der Waals surface area contributed by atoms with E-state index < -0.39 is 15.1 Å². The number of aldehydes is 1. The third-order valence-electron chi connectivity index (χ3n) is 1.16. The van der Waals surface area contributed by atoms with Gasteiger partial charge < -0.3 is 4.79 Å². The smallest absolute Gasteiger partial charge is 0.159 e. The Hall–Kier alpha value is -0.380. The summed E-state index contributed by atoms with van der Waals surface area (Å²) in [5.41, 5.74) is 0. The Kier molecular flexibility index (Phi) is 2.84. The van der Waals surface area contributed by atoms with Gasteiger partial charge in [0.1, 0.15) is 11.5 Å². The fraction of sp³-hybridized carbons (Fsp3) is 0.800. The number of carbonyl (C=O) groups is 1. The van der Waals surface area contributed by atoms with Crippen LogP contribution in [0.15, 0.2) is 0 Å². The van der Waals surface area contributed by atoms with Gasteiger partial charge in [-0.3, -0.25) is 0 Å². The molecule has 0 N–H and O–H groups in total. The topological polar surface area (TPSA) is 51.2 Å². The van der Waals surface area contributed by atoms with E-state index in [1.165, 1.54) is 13.8 Å². The summed E-state index contributed by atoms with van der Waals surface area (Å²) in [5, 5.41) is -0.845. The maximum absolute atomic E-state index is 10.7. The maximum atomic E-state index is 10.7. The molecule has 0 spiro atoms. The van der Waals surface area contributed by atoms with Crippen molar-refractivity contribution < 1.29 is 13.2 Å². The standard InChI is InChI=1S/C5H10O3S/c1-3-9(7,8)5(2)4-6/h4-5H,3H2,1-2H3. The molecule has 0 bridgehead atoms. The average Bonchev–Trinajstić information content (AvgIpc) is 1.86. The minimum Gasteiger partial charge on any atom is -0.302 e. The molecule has 0 aliphatic heterocycles. The second-order valence-corrected chi connectivity index (χ2v) is 4.44. The summed E-state index contributed by atoms with van der Waals surface area (Å²) in [7, 11) is -3.12. The molecule has 0 fully saturated rings. The van der Waals surface area contributed by atoms with Gasteiger partial charge >= 0.3 is 0 Å². The van der Waals surface area contributed by atoms with E-state index in [4.69, 9.17) is 0 Å². The Labute approximate surface area is 55.0 Å². The first kappa shape index (κ1) is 8.62. The van der Waals surface area contributed by atoms with Crippen molar-refractivity contribution in [3.8, 4) is 0 Å². The number of hydrogen-bond acceptors (Lipinski definition) is 3. The summed E-state index contributed by atoms with van der Waals surface area (Å²) in [4.78, 5) is 9.93. The molecular weight excluding hydrogens is 140 g/mol. The summed E-state index contributed by atoms with van der Waals surface area (Å²) in [6, 6.07) is 0. The van der Waals surface area contributed by atoms with Crippen molar-refractivity contribution in [1.29, 1.82) is 0 Å². The number of hydrogen-bond donors (Lipinski definition) is 0. The van der Waals surface area contributed by atoms with E-state index in [2.05, 4.69) is 0 Å². The molecule has 0 saturated carbocycles. The van der Waals surface area contributed by atoms with Crippen LogP contribution in [0.1, 0.15) is 13.8 Å². The Morgan fingerprint density at radius 2 is 2.00 bits per heavy atom. The van der Waals surface area contributed by atoms with Crippen molar-refractivity contribution in [2.24, 2.45) is 0 Å². The van der Waals surface area contributed by atoms with Crippen molar-refractivity contribution in [2.75, 3.05) is 5.75 Å². The summed E-state index contributed by atoms with van der Waals surface area (Å²) in [5.74, 6) is 0.0346. The van der Waals surface area contributed by atoms with Crippen LogP contribution in [0.3, 0.4) is 0 Å². The SMILES string of the molecule is CCS(=O)(=O)C(C)C=O. The van der Waals surface area contributed by atoms with E-state index in [9.17, 15) is 13.2 Å². The Bertz CT molecular complexity index is 180. The van der Waals surface area contributed by atoms with Crippen LogP contribution in [-0.4, -0.2) is 25.7 Å². The fourth-order valence-electron chi connectivity index (χ4n) is 0.348. The van der Waals surface area contributed by atoms with E-state index in [1.807, 2.05) is 0 Å². The highest BCUT2D eigenvalue weighted by molar-refractivity contribution is 7.92. The van der Waals surface area contributed by atoms with Gasteiger partial charge in [0.05, 0.1) is 0 Å². The summed E-state index contributed by atoms with van der Waals surface area (Å²) < 4.78 is 21.4. The lowest BCUT2D eigenvalue weighted by molar-refractivity contribution is -0.107. The van der Waals surface area contributed by atoms with Gasteiger partial charge in [-0.2, -0.15) is 0 Å². The van der Waals surface area contributed by atoms with Crippen molar-refractivity contribution in [2.45, 2.75) is 19.1 Å². The van der Waals surface area contributed by atoms with Crippen LogP contribution in [0.4, 0.5) is 0 Å². The van der Waals surface area contributed by atoms with Crippen LogP contribution < -0.4 is 0 Å². The number of rotatable bonds is 3. The first-order valence-electron chi connectivity index (χ1n) is 2.71. The molecule has 3 nitrogen and oxygen atoms in total. The van der Waals surface area contributed by atoms with Gasteiger partial charge in [0.15, 0.2) is 9.84 Å². The average molecular weight is 150 g/mol. The van der Waals surface area contributed by atoms with Crippen LogP contribution in [0.2, 0.25) is 0 Å². The quantitative estimate of drug-likeness (QED) is 0.532. The molecule has 1 unspecified atom stereocenters. The highest BCUT2D eigenvalue weighted by Crippen LogP contribution is 1.96. The zero-order valence-corrected chi connectivity index (χ0v) is 6.31. The van der Waals surface area contributed by atoms with Gasteiger partial charge in [-0.05, 0) is 6.92 Å². The van der Waals surface area contributed by atoms with Crippen LogP contribution in [-0.2, 0) is 14.6 Å². The first-order valence-corrected chi connectivity index (χ1v) is 4.43. The van der Waals surface area contributed by atoms with E-state index in [0.717, 1.165) is 0 Å². The van der Waals surface area contributed by atoms with E-state index >= 15 is 0 Å². The first-order chi connectivity index (χ1) is 4.04. The van der Waals surface area contributed by atoms with Crippen LogP contribution in [0, 0.1) is 0 Å². The lowest BCUT2D eigenvalue weighted by atomic mass is 10.5. The largest absolute Gasteiger partial charge is 0.302 e. The molecule has 0 amide bonds. The number of sulfone groups is 1. The summed E-state index contributed by atoms with van der Waals surface area (Å²) in [6.07, 6.45) is 0.443. The maximum Gasteiger partial charge on any atom is 0.159 e. The lowest BCUT2D eigenvalue weighted by Crippen LogP contribution is -2.20. The Balaban J connectivity index is 4.34. The zero-order chi connectivity index (χ0) is 7.49. The molecule has 0 rings (SSSR count). The third-order valence-corrected chi connectivity index (χ3v) is 3.21. The van der Waals surface area contributed by atoms with Crippen LogP contribution >= 0.6 is 0 Å². The second kappa shape index (κ2) is 2.96. The van der Waals surface area contributed by atoms with E-state index in [-0.39, 0.29) is 5.75 Å². The van der Waals surface area contributed by atoms with Crippen molar-refractivity contribution in [1.82, 2.24) is 0 Å². The molecule has 54 valence electrons. The fourth-order valence-corrected chi connectivity index (χ4v) is 1.04. The predicted octanol–water partition coefficient (Wildman–Crippen LogP) is 0.00850. The minimum atomic E-state index is -3.12. The molecule has 4 heteroatoms. The summed E-state index contributed by atoms with van der Waals surface area (Å²) in [6.45, 7) is 2.90. The van der Waals surface area contributed by atoms with Crippen LogP contribution in [0.5, 0.6) is 0 Å². The Morgan fingerprint density at radius 1 is 1.56 bits per heavy atom. The molecule has 0 aliphatic rings. The lowest BCUT2D eigenvalue weighted by Gasteiger charge is -2.00. The Morgan fingerprint density at radius 3 is 2.11 bits per heavy atom. The van der Waals surface area contributed by atoms with Crippen LogP contribution in [0.25, 0.3) is 0 Å². The minimum absolute atomic E-state index is 0.0346. The third kappa shape index (κ3) is 2.13. The molecule has 0 heterocycles. The van der Waals surface area contributed by atoms with Crippen molar-refractivity contribution in [3.63, 3.8) is 0 Å². The predicted molar refractivity (Wildman–Crippen MR) is 35.0 cm³/mol. The molecule has 0 aromatic carbocycles. The molecule has 0 aliphatic carbocycles. The van der Waals surface area contributed by atoms with Gasteiger partial charge in [0, 0.05) is 5.75 Å². The normalized spacial score (nSPS) is 14.9. The highest BCUT2D eigenvalue weighted by atomic mass is 32.2. The zero-order valence-electron chi connectivity index (χ0n) is 5.49. The molecular formula is C5H10O3S. The van der Waals surface area contributed by atoms with Crippen molar-refractivity contribution in [3.05, 3.63) is 0 Å².